The molecule has 3 nitrogen and oxygen atoms in total. The molecule has 1 N–H and O–H groups in total. The average Bonchev–Trinajstić information content (AvgIpc) is 2.90. The van der Waals surface area contributed by atoms with Crippen molar-refractivity contribution in [3.05, 3.63) is 11.6 Å². The summed E-state index contributed by atoms with van der Waals surface area (Å²) < 4.78 is 6.01. The molecule has 0 aromatic heterocycles. The van der Waals surface area contributed by atoms with E-state index in [4.69, 9.17) is 9.84 Å². The third-order valence-electron chi connectivity index (χ3n) is 8.42. The van der Waals surface area contributed by atoms with Gasteiger partial charge < -0.3 is 9.84 Å². The molecule has 3 heteroatoms. The molecule has 25 heavy (non-hydrogen) atoms. The van der Waals surface area contributed by atoms with Crippen molar-refractivity contribution in [2.24, 2.45) is 28.6 Å². The first-order valence-corrected chi connectivity index (χ1v) is 10.4. The second kappa shape index (κ2) is 6.49. The van der Waals surface area contributed by atoms with Crippen molar-refractivity contribution in [1.82, 2.24) is 0 Å². The maximum absolute atomic E-state index is 12.5. The number of fused-ring (bicyclic) bond motifs is 5. The Morgan fingerprint density at radius 3 is 2.72 bits per heavy atom. The molecule has 0 aromatic rings. The molecule has 6 atom stereocenters. The summed E-state index contributed by atoms with van der Waals surface area (Å²) in [6.45, 7) is 5.66. The highest BCUT2D eigenvalue weighted by atomic mass is 16.5. The summed E-state index contributed by atoms with van der Waals surface area (Å²) in [6, 6.07) is 0. The molecule has 140 valence electrons. The molecule has 4 aliphatic carbocycles. The van der Waals surface area contributed by atoms with Gasteiger partial charge in [0.05, 0.1) is 6.10 Å². The quantitative estimate of drug-likeness (QED) is 0.610. The van der Waals surface area contributed by atoms with E-state index in [2.05, 4.69) is 19.9 Å². The van der Waals surface area contributed by atoms with Crippen LogP contribution < -0.4 is 0 Å². The zero-order chi connectivity index (χ0) is 17.7. The number of ketones is 1. The maximum atomic E-state index is 12.5. The second-order valence-electron chi connectivity index (χ2n) is 9.49. The van der Waals surface area contributed by atoms with Crippen LogP contribution in [-0.4, -0.2) is 30.2 Å². The molecule has 3 fully saturated rings. The van der Waals surface area contributed by atoms with Crippen LogP contribution in [0.5, 0.6) is 0 Å². The number of aliphatic hydroxyl groups is 1. The molecule has 0 unspecified atom stereocenters. The Hall–Kier alpha value is -0.670. The molecule has 4 rings (SSSR count). The maximum Gasteiger partial charge on any atom is 0.139 e. The van der Waals surface area contributed by atoms with Crippen LogP contribution in [0, 0.1) is 28.6 Å². The normalized spacial score (nSPS) is 46.2. The summed E-state index contributed by atoms with van der Waals surface area (Å²) in [7, 11) is 0. The minimum atomic E-state index is -0.0204. The first-order valence-electron chi connectivity index (χ1n) is 10.4. The van der Waals surface area contributed by atoms with E-state index < -0.39 is 0 Å². The number of Topliss-reactive ketones (excluding diaryl/α,β-unsaturated/α-hetero) is 1. The number of ether oxygens (including phenoxy) is 1. The van der Waals surface area contributed by atoms with Crippen LogP contribution in [0.3, 0.4) is 0 Å². The Kier molecular flexibility index (Phi) is 4.60. The molecule has 0 radical (unpaired) electrons. The fraction of sp³-hybridized carbons (Fsp3) is 0.864. The van der Waals surface area contributed by atoms with Gasteiger partial charge in [-0.05, 0) is 74.5 Å². The lowest BCUT2D eigenvalue weighted by Crippen LogP contribution is -2.50. The van der Waals surface area contributed by atoms with Gasteiger partial charge in [-0.2, -0.15) is 0 Å². The fourth-order valence-electron chi connectivity index (χ4n) is 6.86. The third kappa shape index (κ3) is 2.73. The highest BCUT2D eigenvalue weighted by molar-refractivity contribution is 5.87. The van der Waals surface area contributed by atoms with Crippen molar-refractivity contribution in [3.63, 3.8) is 0 Å². The SMILES string of the molecule is C[C@]12CC[C@H](OCCCO)CC1=CC[C@@H]1[C@@H]2CC[C@]2(C)C(=O)CC[C@@H]12. The summed E-state index contributed by atoms with van der Waals surface area (Å²) in [5, 5.41) is 8.95. The second-order valence-corrected chi connectivity index (χ2v) is 9.49. The minimum absolute atomic E-state index is 0.0204. The number of aliphatic hydroxyl groups excluding tert-OH is 1. The van der Waals surface area contributed by atoms with Gasteiger partial charge in [-0.3, -0.25) is 4.79 Å². The molecule has 0 amide bonds. The van der Waals surface area contributed by atoms with E-state index in [9.17, 15) is 4.79 Å². The minimum Gasteiger partial charge on any atom is -0.396 e. The van der Waals surface area contributed by atoms with E-state index in [1.54, 1.807) is 5.57 Å². The first kappa shape index (κ1) is 17.7. The molecule has 0 aromatic carbocycles. The van der Waals surface area contributed by atoms with Crippen molar-refractivity contribution < 1.29 is 14.6 Å². The summed E-state index contributed by atoms with van der Waals surface area (Å²) in [5.41, 5.74) is 1.93. The predicted octanol–water partition coefficient (Wildman–Crippen LogP) is 4.29. The summed E-state index contributed by atoms with van der Waals surface area (Å²) >= 11 is 0. The molecule has 0 saturated heterocycles. The number of carbonyl (C=O) groups excluding carboxylic acids is 1. The first-order chi connectivity index (χ1) is 12.0. The zero-order valence-electron chi connectivity index (χ0n) is 15.9. The van der Waals surface area contributed by atoms with Crippen molar-refractivity contribution in [1.29, 1.82) is 0 Å². The lowest BCUT2D eigenvalue weighted by molar-refractivity contribution is -0.132. The van der Waals surface area contributed by atoms with E-state index >= 15 is 0 Å². The largest absolute Gasteiger partial charge is 0.396 e. The number of allylic oxidation sites excluding steroid dienone is 1. The monoisotopic (exact) mass is 346 g/mol. The lowest BCUT2D eigenvalue weighted by Gasteiger charge is -2.57. The van der Waals surface area contributed by atoms with E-state index in [1.165, 1.54) is 19.3 Å². The molecular formula is C22H34O3. The highest BCUT2D eigenvalue weighted by Crippen LogP contribution is 2.64. The fourth-order valence-corrected chi connectivity index (χ4v) is 6.86. The zero-order valence-corrected chi connectivity index (χ0v) is 15.9. The Morgan fingerprint density at radius 2 is 1.92 bits per heavy atom. The Labute approximate surface area is 152 Å². The van der Waals surface area contributed by atoms with E-state index in [1.807, 2.05) is 0 Å². The lowest BCUT2D eigenvalue weighted by atomic mass is 9.48. The van der Waals surface area contributed by atoms with Gasteiger partial charge in [-0.1, -0.05) is 25.5 Å². The Bertz CT molecular complexity index is 568. The van der Waals surface area contributed by atoms with Crippen LogP contribution in [-0.2, 0) is 9.53 Å². The van der Waals surface area contributed by atoms with Gasteiger partial charge in [-0.15, -0.1) is 0 Å². The average molecular weight is 347 g/mol. The number of carbonyl (C=O) groups is 1. The van der Waals surface area contributed by atoms with Gasteiger partial charge in [0.15, 0.2) is 0 Å². The molecule has 0 aliphatic heterocycles. The molecular weight excluding hydrogens is 312 g/mol. The third-order valence-corrected chi connectivity index (χ3v) is 8.42. The van der Waals surface area contributed by atoms with Crippen LogP contribution in [0.4, 0.5) is 0 Å². The van der Waals surface area contributed by atoms with E-state index in [0.29, 0.717) is 35.7 Å². The van der Waals surface area contributed by atoms with Gasteiger partial charge in [0.25, 0.3) is 0 Å². The number of hydrogen-bond acceptors (Lipinski definition) is 3. The van der Waals surface area contributed by atoms with Crippen LogP contribution in [0.1, 0.15) is 71.6 Å². The number of hydrogen-bond donors (Lipinski definition) is 1. The summed E-state index contributed by atoms with van der Waals surface area (Å²) in [6.07, 6.45) is 12.5. The molecule has 4 aliphatic rings. The van der Waals surface area contributed by atoms with Crippen molar-refractivity contribution >= 4 is 5.78 Å². The van der Waals surface area contributed by atoms with Gasteiger partial charge in [0.2, 0.25) is 0 Å². The van der Waals surface area contributed by atoms with Crippen molar-refractivity contribution in [3.8, 4) is 0 Å². The van der Waals surface area contributed by atoms with Gasteiger partial charge in [-0.25, -0.2) is 0 Å². The molecule has 0 spiro atoms. The van der Waals surface area contributed by atoms with Crippen LogP contribution in [0.2, 0.25) is 0 Å². The van der Waals surface area contributed by atoms with Crippen LogP contribution >= 0.6 is 0 Å². The summed E-state index contributed by atoms with van der Waals surface area (Å²) in [5.74, 6) is 2.63. The topological polar surface area (TPSA) is 46.5 Å². The smallest absolute Gasteiger partial charge is 0.139 e. The van der Waals surface area contributed by atoms with Gasteiger partial charge in [0.1, 0.15) is 5.78 Å². The van der Waals surface area contributed by atoms with E-state index in [-0.39, 0.29) is 12.0 Å². The molecule has 0 bridgehead atoms. The Morgan fingerprint density at radius 1 is 1.16 bits per heavy atom. The Balaban J connectivity index is 1.51. The van der Waals surface area contributed by atoms with Crippen molar-refractivity contribution in [2.75, 3.05) is 13.2 Å². The highest BCUT2D eigenvalue weighted by Gasteiger charge is 2.58. The van der Waals surface area contributed by atoms with Crippen LogP contribution in [0.15, 0.2) is 11.6 Å². The van der Waals surface area contributed by atoms with Gasteiger partial charge >= 0.3 is 0 Å². The summed E-state index contributed by atoms with van der Waals surface area (Å²) in [4.78, 5) is 12.5. The predicted molar refractivity (Wildman–Crippen MR) is 98.2 cm³/mol. The molecule has 3 saturated carbocycles. The number of rotatable bonds is 4. The van der Waals surface area contributed by atoms with Crippen molar-refractivity contribution in [2.45, 2.75) is 77.7 Å². The van der Waals surface area contributed by atoms with Gasteiger partial charge in [0, 0.05) is 25.0 Å². The van der Waals surface area contributed by atoms with Crippen LogP contribution in [0.25, 0.3) is 0 Å². The standard InChI is InChI=1S/C22H34O3/c1-21-10-8-16(25-13-3-12-23)14-15(21)4-5-17-18-6-7-20(24)22(18,2)11-9-19(17)21/h4,16-19,23H,3,5-14H2,1-2H3/t16-,17-,18-,19-,21-,22-/m0/s1. The van der Waals surface area contributed by atoms with E-state index in [0.717, 1.165) is 44.4 Å². The molecule has 0 heterocycles.